The zero-order valence-electron chi connectivity index (χ0n) is 13.2. The van der Waals surface area contributed by atoms with Crippen molar-refractivity contribution in [2.24, 2.45) is 5.73 Å². The molecule has 1 aromatic heterocycles. The SMILES string of the molecule is CC(C)(C)OC(=O)N1CCC(n2cc(C(N)=O)c(N)n2)CC1. The summed E-state index contributed by atoms with van der Waals surface area (Å²) in [6.45, 7) is 6.68. The van der Waals surface area contributed by atoms with Crippen LogP contribution in [0, 0.1) is 0 Å². The second kappa shape index (κ2) is 5.86. The van der Waals surface area contributed by atoms with E-state index in [9.17, 15) is 9.59 Å². The molecule has 0 atom stereocenters. The Bertz CT molecular complexity index is 568. The Morgan fingerprint density at radius 1 is 1.32 bits per heavy atom. The van der Waals surface area contributed by atoms with Crippen LogP contribution in [-0.4, -0.2) is 45.4 Å². The predicted octanol–water partition coefficient (Wildman–Crippen LogP) is 1.14. The van der Waals surface area contributed by atoms with Gasteiger partial charge in [0.15, 0.2) is 5.82 Å². The fourth-order valence-corrected chi connectivity index (χ4v) is 2.42. The monoisotopic (exact) mass is 309 g/mol. The van der Waals surface area contributed by atoms with Crippen molar-refractivity contribution in [2.45, 2.75) is 45.3 Å². The lowest BCUT2D eigenvalue weighted by Crippen LogP contribution is -2.42. The number of hydrogen-bond acceptors (Lipinski definition) is 5. The number of likely N-dealkylation sites (tertiary alicyclic amines) is 1. The molecule has 2 amide bonds. The average Bonchev–Trinajstić information content (AvgIpc) is 2.79. The highest BCUT2D eigenvalue weighted by Gasteiger charge is 2.28. The highest BCUT2D eigenvalue weighted by Crippen LogP contribution is 2.25. The number of primary amides is 1. The number of hydrogen-bond donors (Lipinski definition) is 2. The smallest absolute Gasteiger partial charge is 0.410 e. The normalized spacial score (nSPS) is 16.6. The van der Waals surface area contributed by atoms with E-state index in [0.29, 0.717) is 13.1 Å². The standard InChI is InChI=1S/C14H23N5O3/c1-14(2,3)22-13(21)18-6-4-9(5-7-18)19-8-10(12(16)20)11(15)17-19/h8-9H,4-7H2,1-3H3,(H2,15,17)(H2,16,20). The van der Waals surface area contributed by atoms with Gasteiger partial charge in [-0.05, 0) is 33.6 Å². The third-order valence-electron chi connectivity index (χ3n) is 3.52. The minimum atomic E-state index is -0.588. The number of rotatable bonds is 2. The van der Waals surface area contributed by atoms with Gasteiger partial charge >= 0.3 is 6.09 Å². The van der Waals surface area contributed by atoms with E-state index in [0.717, 1.165) is 12.8 Å². The summed E-state index contributed by atoms with van der Waals surface area (Å²) in [5.74, 6) is -0.447. The Balaban J connectivity index is 1.96. The molecule has 0 saturated carbocycles. The van der Waals surface area contributed by atoms with E-state index in [4.69, 9.17) is 16.2 Å². The molecular formula is C14H23N5O3. The van der Waals surface area contributed by atoms with Gasteiger partial charge in [-0.15, -0.1) is 0 Å². The molecule has 8 nitrogen and oxygen atoms in total. The number of aromatic nitrogens is 2. The van der Waals surface area contributed by atoms with Crippen LogP contribution in [0.5, 0.6) is 0 Å². The second-order valence-electron chi connectivity index (χ2n) is 6.47. The summed E-state index contributed by atoms with van der Waals surface area (Å²) < 4.78 is 7.02. The number of nitrogens with two attached hydrogens (primary N) is 2. The van der Waals surface area contributed by atoms with E-state index in [1.807, 2.05) is 20.8 Å². The number of carbonyl (C=O) groups excluding carboxylic acids is 2. The highest BCUT2D eigenvalue weighted by molar-refractivity contribution is 5.96. The number of anilines is 1. The van der Waals surface area contributed by atoms with Crippen LogP contribution in [0.25, 0.3) is 0 Å². The molecule has 0 aliphatic carbocycles. The van der Waals surface area contributed by atoms with Crippen molar-refractivity contribution in [1.82, 2.24) is 14.7 Å². The number of carbonyl (C=O) groups is 2. The van der Waals surface area contributed by atoms with Crippen molar-refractivity contribution in [3.63, 3.8) is 0 Å². The highest BCUT2D eigenvalue weighted by atomic mass is 16.6. The number of nitrogen functional groups attached to an aromatic ring is 1. The lowest BCUT2D eigenvalue weighted by atomic mass is 10.1. The zero-order valence-corrected chi connectivity index (χ0v) is 13.2. The third kappa shape index (κ3) is 3.69. The third-order valence-corrected chi connectivity index (χ3v) is 3.52. The maximum Gasteiger partial charge on any atom is 0.410 e. The van der Waals surface area contributed by atoms with Crippen LogP contribution in [0.15, 0.2) is 6.20 Å². The quantitative estimate of drug-likeness (QED) is 0.849. The summed E-state index contributed by atoms with van der Waals surface area (Å²) in [5, 5.41) is 4.14. The first-order valence-electron chi connectivity index (χ1n) is 7.30. The summed E-state index contributed by atoms with van der Waals surface area (Å²) in [4.78, 5) is 24.9. The number of amides is 2. The Kier molecular flexibility index (Phi) is 4.30. The molecule has 2 rings (SSSR count). The Morgan fingerprint density at radius 3 is 2.36 bits per heavy atom. The lowest BCUT2D eigenvalue weighted by Gasteiger charge is -2.33. The largest absolute Gasteiger partial charge is 0.444 e. The molecular weight excluding hydrogens is 286 g/mol. The van der Waals surface area contributed by atoms with Crippen molar-refractivity contribution >= 4 is 17.8 Å². The van der Waals surface area contributed by atoms with E-state index >= 15 is 0 Å². The van der Waals surface area contributed by atoms with Crippen LogP contribution in [0.4, 0.5) is 10.6 Å². The average molecular weight is 309 g/mol. The van der Waals surface area contributed by atoms with Crippen LogP contribution in [0.2, 0.25) is 0 Å². The van der Waals surface area contributed by atoms with Crippen LogP contribution in [0.1, 0.15) is 50.0 Å². The van der Waals surface area contributed by atoms with E-state index in [1.165, 1.54) is 0 Å². The van der Waals surface area contributed by atoms with Crippen LogP contribution in [-0.2, 0) is 4.74 Å². The molecule has 1 aromatic rings. The molecule has 1 fully saturated rings. The van der Waals surface area contributed by atoms with Crippen LogP contribution in [0.3, 0.4) is 0 Å². The number of nitrogens with zero attached hydrogens (tertiary/aromatic N) is 3. The number of piperidine rings is 1. The van der Waals surface area contributed by atoms with Crippen molar-refractivity contribution < 1.29 is 14.3 Å². The van der Waals surface area contributed by atoms with E-state index in [-0.39, 0.29) is 23.5 Å². The van der Waals surface area contributed by atoms with Crippen LogP contribution >= 0.6 is 0 Å². The van der Waals surface area contributed by atoms with Gasteiger partial charge in [0.2, 0.25) is 0 Å². The molecule has 0 spiro atoms. The molecule has 1 saturated heterocycles. The Labute approximate surface area is 129 Å². The van der Waals surface area contributed by atoms with Gasteiger partial charge in [0.1, 0.15) is 11.2 Å². The van der Waals surface area contributed by atoms with Crippen molar-refractivity contribution in [2.75, 3.05) is 18.8 Å². The fraction of sp³-hybridized carbons (Fsp3) is 0.643. The molecule has 4 N–H and O–H groups in total. The van der Waals surface area contributed by atoms with Crippen molar-refractivity contribution in [3.05, 3.63) is 11.8 Å². The first-order valence-corrected chi connectivity index (χ1v) is 7.30. The molecule has 122 valence electrons. The predicted molar refractivity (Wildman–Crippen MR) is 81.2 cm³/mol. The molecule has 2 heterocycles. The fourth-order valence-electron chi connectivity index (χ4n) is 2.42. The second-order valence-corrected chi connectivity index (χ2v) is 6.47. The molecule has 1 aliphatic heterocycles. The Morgan fingerprint density at radius 2 is 1.91 bits per heavy atom. The van der Waals surface area contributed by atoms with E-state index < -0.39 is 11.5 Å². The van der Waals surface area contributed by atoms with Gasteiger partial charge in [-0.3, -0.25) is 9.48 Å². The van der Waals surface area contributed by atoms with Gasteiger partial charge in [0.05, 0.1) is 6.04 Å². The maximum absolute atomic E-state index is 12.0. The first kappa shape index (κ1) is 16.1. The van der Waals surface area contributed by atoms with Gasteiger partial charge in [0.25, 0.3) is 5.91 Å². The Hall–Kier alpha value is -2.25. The van der Waals surface area contributed by atoms with Crippen molar-refractivity contribution in [3.8, 4) is 0 Å². The van der Waals surface area contributed by atoms with E-state index in [2.05, 4.69) is 5.10 Å². The summed E-state index contributed by atoms with van der Waals surface area (Å²) in [6.07, 6.45) is 2.71. The molecule has 0 bridgehead atoms. The van der Waals surface area contributed by atoms with Gasteiger partial charge in [-0.25, -0.2) is 4.79 Å². The molecule has 1 aliphatic rings. The minimum absolute atomic E-state index is 0.0917. The molecule has 22 heavy (non-hydrogen) atoms. The number of ether oxygens (including phenoxy) is 1. The molecule has 0 radical (unpaired) electrons. The van der Waals surface area contributed by atoms with Gasteiger partial charge in [0, 0.05) is 19.3 Å². The lowest BCUT2D eigenvalue weighted by molar-refractivity contribution is 0.0185. The minimum Gasteiger partial charge on any atom is -0.444 e. The van der Waals surface area contributed by atoms with Gasteiger partial charge in [-0.1, -0.05) is 0 Å². The van der Waals surface area contributed by atoms with E-state index in [1.54, 1.807) is 15.8 Å². The topological polar surface area (TPSA) is 116 Å². The summed E-state index contributed by atoms with van der Waals surface area (Å²) in [5.41, 5.74) is 10.6. The maximum atomic E-state index is 12.0. The van der Waals surface area contributed by atoms with Crippen molar-refractivity contribution in [1.29, 1.82) is 0 Å². The molecule has 0 aromatic carbocycles. The van der Waals surface area contributed by atoms with Gasteiger partial charge in [-0.2, -0.15) is 5.10 Å². The summed E-state index contributed by atoms with van der Waals surface area (Å²) in [7, 11) is 0. The first-order chi connectivity index (χ1) is 10.2. The summed E-state index contributed by atoms with van der Waals surface area (Å²) >= 11 is 0. The van der Waals surface area contributed by atoms with Crippen LogP contribution < -0.4 is 11.5 Å². The molecule has 8 heteroatoms. The zero-order chi connectivity index (χ0) is 16.5. The summed E-state index contributed by atoms with van der Waals surface area (Å²) in [6, 6.07) is 0.0917. The van der Waals surface area contributed by atoms with Gasteiger partial charge < -0.3 is 21.1 Å². The molecule has 0 unspecified atom stereocenters.